The van der Waals surface area contributed by atoms with Crippen molar-refractivity contribution in [3.05, 3.63) is 29.3 Å². The van der Waals surface area contributed by atoms with Gasteiger partial charge in [-0.3, -0.25) is 0 Å². The van der Waals surface area contributed by atoms with Gasteiger partial charge in [0, 0.05) is 28.3 Å². The number of hydrogen-bond donors (Lipinski definition) is 1. The second-order valence-electron chi connectivity index (χ2n) is 4.21. The third kappa shape index (κ3) is 3.91. The van der Waals surface area contributed by atoms with Gasteiger partial charge in [0.05, 0.1) is 0 Å². The van der Waals surface area contributed by atoms with E-state index in [1.165, 1.54) is 31.4 Å². The summed E-state index contributed by atoms with van der Waals surface area (Å²) in [5.41, 5.74) is 1.12. The first-order valence-electron chi connectivity index (χ1n) is 5.95. The molecule has 0 spiro atoms. The van der Waals surface area contributed by atoms with Gasteiger partial charge in [-0.25, -0.2) is 0 Å². The molecule has 0 amide bonds. The lowest BCUT2D eigenvalue weighted by molar-refractivity contribution is 0.886. The van der Waals surface area contributed by atoms with Crippen LogP contribution >= 0.6 is 23.4 Å². The molecule has 1 N–H and O–H groups in total. The van der Waals surface area contributed by atoms with Crippen molar-refractivity contribution in [2.75, 3.05) is 17.6 Å². The number of anilines is 1. The van der Waals surface area contributed by atoms with E-state index in [0.29, 0.717) is 0 Å². The topological polar surface area (TPSA) is 12.0 Å². The van der Waals surface area contributed by atoms with Crippen molar-refractivity contribution < 1.29 is 0 Å². The molecule has 16 heavy (non-hydrogen) atoms. The van der Waals surface area contributed by atoms with Gasteiger partial charge in [-0.1, -0.05) is 30.5 Å². The molecule has 0 aliphatic heterocycles. The summed E-state index contributed by atoms with van der Waals surface area (Å²) in [7, 11) is 0. The summed E-state index contributed by atoms with van der Waals surface area (Å²) >= 11 is 8.03. The number of thioether (sulfide) groups is 1. The molecule has 0 saturated heterocycles. The molecule has 0 aromatic heterocycles. The lowest BCUT2D eigenvalue weighted by Crippen LogP contribution is -2.06. The van der Waals surface area contributed by atoms with Crippen LogP contribution in [0.1, 0.15) is 25.7 Å². The van der Waals surface area contributed by atoms with E-state index in [4.69, 9.17) is 11.6 Å². The number of halogens is 1. The molecular formula is C13H18ClNS. The van der Waals surface area contributed by atoms with Crippen LogP contribution in [0, 0.1) is 0 Å². The first kappa shape index (κ1) is 12.1. The second kappa shape index (κ2) is 6.41. The smallest absolute Gasteiger partial charge is 0.0426 e. The van der Waals surface area contributed by atoms with Crippen molar-refractivity contribution in [2.45, 2.75) is 30.9 Å². The van der Waals surface area contributed by atoms with Crippen LogP contribution in [0.25, 0.3) is 0 Å². The molecule has 1 aromatic rings. The summed E-state index contributed by atoms with van der Waals surface area (Å²) < 4.78 is 0. The number of rotatable bonds is 5. The maximum absolute atomic E-state index is 5.92. The molecule has 88 valence electrons. The van der Waals surface area contributed by atoms with Gasteiger partial charge in [-0.15, -0.1) is 0 Å². The summed E-state index contributed by atoms with van der Waals surface area (Å²) in [6, 6.07) is 7.92. The highest BCUT2D eigenvalue weighted by molar-refractivity contribution is 7.99. The van der Waals surface area contributed by atoms with E-state index in [0.717, 1.165) is 22.5 Å². The van der Waals surface area contributed by atoms with Crippen molar-refractivity contribution >= 4 is 29.1 Å². The van der Waals surface area contributed by atoms with E-state index < -0.39 is 0 Å². The zero-order valence-corrected chi connectivity index (χ0v) is 11.0. The lowest BCUT2D eigenvalue weighted by atomic mass is 10.3. The third-order valence-electron chi connectivity index (χ3n) is 2.91. The molecule has 1 fully saturated rings. The first-order valence-corrected chi connectivity index (χ1v) is 7.38. The Bertz CT molecular complexity index is 323. The normalized spacial score (nSPS) is 16.6. The molecule has 1 aromatic carbocycles. The zero-order valence-electron chi connectivity index (χ0n) is 9.42. The fraction of sp³-hybridized carbons (Fsp3) is 0.538. The van der Waals surface area contributed by atoms with Crippen molar-refractivity contribution in [1.82, 2.24) is 0 Å². The highest BCUT2D eigenvalue weighted by Gasteiger charge is 2.14. The minimum Gasteiger partial charge on any atom is -0.384 e. The Hall–Kier alpha value is -0.340. The minimum absolute atomic E-state index is 0.799. The fourth-order valence-corrected chi connectivity index (χ4v) is 3.48. The van der Waals surface area contributed by atoms with Gasteiger partial charge in [0.15, 0.2) is 0 Å². The Morgan fingerprint density at radius 2 is 2.12 bits per heavy atom. The van der Waals surface area contributed by atoms with Crippen molar-refractivity contribution in [3.8, 4) is 0 Å². The Morgan fingerprint density at radius 3 is 2.88 bits per heavy atom. The Morgan fingerprint density at radius 1 is 1.31 bits per heavy atom. The van der Waals surface area contributed by atoms with Gasteiger partial charge in [-0.2, -0.15) is 11.8 Å². The molecule has 1 saturated carbocycles. The van der Waals surface area contributed by atoms with E-state index in [9.17, 15) is 0 Å². The second-order valence-corrected chi connectivity index (χ2v) is 6.06. The molecule has 0 radical (unpaired) electrons. The van der Waals surface area contributed by atoms with Crippen LogP contribution in [-0.4, -0.2) is 17.5 Å². The fourth-order valence-electron chi connectivity index (χ4n) is 2.07. The summed E-state index contributed by atoms with van der Waals surface area (Å²) in [6.45, 7) is 1.03. The standard InChI is InChI=1S/C13H18ClNS/c14-11-4-3-5-12(10-11)15-8-9-16-13-6-1-2-7-13/h3-5,10,13,15H,1-2,6-9H2. The number of hydrogen-bond acceptors (Lipinski definition) is 2. The van der Waals surface area contributed by atoms with Gasteiger partial charge in [0.1, 0.15) is 0 Å². The van der Waals surface area contributed by atoms with Crippen molar-refractivity contribution in [2.24, 2.45) is 0 Å². The van der Waals surface area contributed by atoms with Crippen LogP contribution in [0.3, 0.4) is 0 Å². The Labute approximate surface area is 107 Å². The minimum atomic E-state index is 0.799. The maximum atomic E-state index is 5.92. The highest BCUT2D eigenvalue weighted by atomic mass is 35.5. The average Bonchev–Trinajstić information content (AvgIpc) is 2.77. The molecule has 1 nitrogen and oxygen atoms in total. The van der Waals surface area contributed by atoms with E-state index >= 15 is 0 Å². The molecule has 0 atom stereocenters. The Balaban J connectivity index is 1.64. The predicted octanol–water partition coefficient (Wildman–Crippen LogP) is 4.43. The summed E-state index contributed by atoms with van der Waals surface area (Å²) in [4.78, 5) is 0. The van der Waals surface area contributed by atoms with E-state index in [1.807, 2.05) is 18.2 Å². The third-order valence-corrected chi connectivity index (χ3v) is 4.53. The maximum Gasteiger partial charge on any atom is 0.0426 e. The van der Waals surface area contributed by atoms with Crippen molar-refractivity contribution in [3.63, 3.8) is 0 Å². The Kier molecular flexibility index (Phi) is 4.86. The van der Waals surface area contributed by atoms with E-state index in [2.05, 4.69) is 23.1 Å². The van der Waals surface area contributed by atoms with Gasteiger partial charge < -0.3 is 5.32 Å². The van der Waals surface area contributed by atoms with Crippen LogP contribution in [-0.2, 0) is 0 Å². The van der Waals surface area contributed by atoms with E-state index in [1.54, 1.807) is 0 Å². The van der Waals surface area contributed by atoms with Gasteiger partial charge in [-0.05, 0) is 31.0 Å². The molecule has 1 aliphatic carbocycles. The summed E-state index contributed by atoms with van der Waals surface area (Å²) in [6.07, 6.45) is 5.70. The van der Waals surface area contributed by atoms with Crippen LogP contribution in [0.4, 0.5) is 5.69 Å². The largest absolute Gasteiger partial charge is 0.384 e. The number of benzene rings is 1. The molecule has 1 aliphatic rings. The average molecular weight is 256 g/mol. The summed E-state index contributed by atoms with van der Waals surface area (Å²) in [5.74, 6) is 1.19. The molecule has 0 unspecified atom stereocenters. The first-order chi connectivity index (χ1) is 7.84. The van der Waals surface area contributed by atoms with Crippen LogP contribution in [0.2, 0.25) is 5.02 Å². The van der Waals surface area contributed by atoms with Gasteiger partial charge in [0.2, 0.25) is 0 Å². The SMILES string of the molecule is Clc1cccc(NCCSC2CCCC2)c1. The molecule has 2 rings (SSSR count). The van der Waals surface area contributed by atoms with Gasteiger partial charge in [0.25, 0.3) is 0 Å². The predicted molar refractivity (Wildman–Crippen MR) is 74.7 cm³/mol. The van der Waals surface area contributed by atoms with E-state index in [-0.39, 0.29) is 0 Å². The van der Waals surface area contributed by atoms with Gasteiger partial charge >= 0.3 is 0 Å². The molecule has 3 heteroatoms. The molecule has 0 bridgehead atoms. The van der Waals surface area contributed by atoms with Crippen LogP contribution in [0.15, 0.2) is 24.3 Å². The summed E-state index contributed by atoms with van der Waals surface area (Å²) in [5, 5.41) is 5.12. The zero-order chi connectivity index (χ0) is 11.2. The van der Waals surface area contributed by atoms with Crippen LogP contribution in [0.5, 0.6) is 0 Å². The molecule has 0 heterocycles. The van der Waals surface area contributed by atoms with Crippen molar-refractivity contribution in [1.29, 1.82) is 0 Å². The quantitative estimate of drug-likeness (QED) is 0.782. The van der Waals surface area contributed by atoms with Crippen LogP contribution < -0.4 is 5.32 Å². The lowest BCUT2D eigenvalue weighted by Gasteiger charge is -2.10. The number of nitrogens with one attached hydrogen (secondary N) is 1. The highest BCUT2D eigenvalue weighted by Crippen LogP contribution is 2.29. The molecular weight excluding hydrogens is 238 g/mol. The monoisotopic (exact) mass is 255 g/mol.